The molecule has 0 radical (unpaired) electrons. The van der Waals surface area contributed by atoms with Crippen LogP contribution in [0.4, 0.5) is 4.39 Å². The van der Waals surface area contributed by atoms with Gasteiger partial charge < -0.3 is 4.57 Å². The Balaban J connectivity index is 1.99. The van der Waals surface area contributed by atoms with Crippen LogP contribution in [-0.4, -0.2) is 10.4 Å². The van der Waals surface area contributed by atoms with Gasteiger partial charge in [-0.3, -0.25) is 9.59 Å². The predicted octanol–water partition coefficient (Wildman–Crippen LogP) is 5.61. The molecule has 0 aliphatic carbocycles. The van der Waals surface area contributed by atoms with Gasteiger partial charge in [-0.1, -0.05) is 49.0 Å². The zero-order chi connectivity index (χ0) is 22.1. The van der Waals surface area contributed by atoms with Gasteiger partial charge in [-0.05, 0) is 58.8 Å². The van der Waals surface area contributed by atoms with Gasteiger partial charge in [0.1, 0.15) is 5.82 Å². The van der Waals surface area contributed by atoms with Gasteiger partial charge in [-0.25, -0.2) is 4.39 Å². The highest BCUT2D eigenvalue weighted by Gasteiger charge is 2.16. The molecule has 31 heavy (non-hydrogen) atoms. The van der Waals surface area contributed by atoms with E-state index in [1.54, 1.807) is 37.5 Å². The van der Waals surface area contributed by atoms with Gasteiger partial charge in [0.15, 0.2) is 5.78 Å². The van der Waals surface area contributed by atoms with Gasteiger partial charge in [-0.2, -0.15) is 0 Å². The quantitative estimate of drug-likeness (QED) is 0.316. The molecule has 4 rings (SSSR count). The largest absolute Gasteiger partial charge is 0.317 e. The summed E-state index contributed by atoms with van der Waals surface area (Å²) in [5, 5.41) is 1.38. The number of rotatable bonds is 5. The first-order chi connectivity index (χ1) is 14.9. The van der Waals surface area contributed by atoms with E-state index in [1.807, 2.05) is 37.3 Å². The molecule has 0 saturated heterocycles. The van der Waals surface area contributed by atoms with Crippen molar-refractivity contribution in [3.8, 4) is 11.1 Å². The second kappa shape index (κ2) is 8.15. The van der Waals surface area contributed by atoms with E-state index in [0.717, 1.165) is 27.6 Å². The number of carbonyl (C=O) groups excluding carboxylic acids is 1. The highest BCUT2D eigenvalue weighted by atomic mass is 19.1. The second-order valence-electron chi connectivity index (χ2n) is 7.72. The molecule has 0 bridgehead atoms. The second-order valence-corrected chi connectivity index (χ2v) is 7.72. The summed E-state index contributed by atoms with van der Waals surface area (Å²) in [4.78, 5) is 24.9. The number of benzene rings is 3. The van der Waals surface area contributed by atoms with Gasteiger partial charge >= 0.3 is 0 Å². The molecule has 3 aromatic carbocycles. The average molecular weight is 411 g/mol. The smallest absolute Gasteiger partial charge is 0.258 e. The number of fused-ring (bicyclic) bond motifs is 1. The zero-order valence-corrected chi connectivity index (χ0v) is 17.5. The van der Waals surface area contributed by atoms with Gasteiger partial charge in [0.05, 0.1) is 0 Å². The Morgan fingerprint density at radius 1 is 1.00 bits per heavy atom. The van der Waals surface area contributed by atoms with Crippen LogP contribution >= 0.6 is 0 Å². The number of ketones is 1. The van der Waals surface area contributed by atoms with E-state index >= 15 is 0 Å². The number of allylic oxidation sites excluding steroid dienone is 1. The summed E-state index contributed by atoms with van der Waals surface area (Å²) in [5.74, 6) is -0.453. The Morgan fingerprint density at radius 3 is 2.42 bits per heavy atom. The summed E-state index contributed by atoms with van der Waals surface area (Å²) in [6.45, 7) is 5.43. The molecule has 0 fully saturated rings. The number of hydrogen-bond donors (Lipinski definition) is 0. The molecule has 0 saturated carbocycles. The van der Waals surface area contributed by atoms with Crippen LogP contribution in [0.25, 0.3) is 21.9 Å². The van der Waals surface area contributed by atoms with Crippen molar-refractivity contribution < 1.29 is 9.18 Å². The molecule has 4 heteroatoms. The maximum absolute atomic E-state index is 14.6. The molecule has 0 aliphatic heterocycles. The Labute approximate surface area is 180 Å². The molecule has 0 unspecified atom stereocenters. The number of halogens is 1. The fraction of sp³-hybridized carbons (Fsp3) is 0.111. The van der Waals surface area contributed by atoms with Crippen molar-refractivity contribution in [3.05, 3.63) is 118 Å². The van der Waals surface area contributed by atoms with E-state index in [2.05, 4.69) is 6.58 Å². The van der Waals surface area contributed by atoms with Crippen LogP contribution in [0.15, 0.2) is 84.3 Å². The lowest BCUT2D eigenvalue weighted by atomic mass is 9.90. The van der Waals surface area contributed by atoms with Gasteiger partial charge in [0.2, 0.25) is 0 Å². The van der Waals surface area contributed by atoms with Crippen molar-refractivity contribution in [2.75, 3.05) is 0 Å². The Morgan fingerprint density at radius 2 is 1.71 bits per heavy atom. The highest BCUT2D eigenvalue weighted by molar-refractivity contribution is 6.06. The Hall–Kier alpha value is -3.79. The number of aryl methyl sites for hydroxylation is 2. The van der Waals surface area contributed by atoms with E-state index < -0.39 is 0 Å². The fourth-order valence-corrected chi connectivity index (χ4v) is 3.88. The Kier molecular flexibility index (Phi) is 5.38. The lowest BCUT2D eigenvalue weighted by Crippen LogP contribution is -2.16. The summed E-state index contributed by atoms with van der Waals surface area (Å²) < 4.78 is 16.1. The van der Waals surface area contributed by atoms with E-state index in [1.165, 1.54) is 16.7 Å². The predicted molar refractivity (Wildman–Crippen MR) is 123 cm³/mol. The van der Waals surface area contributed by atoms with Crippen LogP contribution in [0.3, 0.4) is 0 Å². The van der Waals surface area contributed by atoms with Crippen LogP contribution in [0, 0.1) is 12.7 Å². The van der Waals surface area contributed by atoms with Crippen molar-refractivity contribution in [2.24, 2.45) is 7.05 Å². The minimum absolute atomic E-state index is 0.0937. The van der Waals surface area contributed by atoms with Crippen molar-refractivity contribution in [3.63, 3.8) is 0 Å². The number of aromatic nitrogens is 1. The summed E-state index contributed by atoms with van der Waals surface area (Å²) in [6.07, 6.45) is 3.41. The average Bonchev–Trinajstić information content (AvgIpc) is 2.78. The fourth-order valence-electron chi connectivity index (χ4n) is 3.88. The molecule has 0 amide bonds. The first-order valence-corrected chi connectivity index (χ1v) is 10.0. The van der Waals surface area contributed by atoms with Crippen molar-refractivity contribution in [1.82, 2.24) is 4.57 Å². The number of hydrogen-bond acceptors (Lipinski definition) is 2. The Bertz CT molecular complexity index is 1400. The number of carbonyl (C=O) groups is 1. The molecule has 1 aromatic heterocycles. The lowest BCUT2D eigenvalue weighted by Gasteiger charge is -2.16. The standard InChI is InChI=1S/C27H22FNO2/c1-4-26(30)20-12-11-18(14-19-10-9-17(2)13-25(19)28)23(15-20)24-16-29(3)27(31)22-8-6-5-7-21(22)24/h4-13,15-16H,1,14H2,2-3H3. The van der Waals surface area contributed by atoms with Crippen LogP contribution < -0.4 is 5.56 Å². The third kappa shape index (κ3) is 3.84. The molecule has 4 aromatic rings. The van der Waals surface area contributed by atoms with Crippen LogP contribution in [0.5, 0.6) is 0 Å². The zero-order valence-electron chi connectivity index (χ0n) is 17.5. The normalized spacial score (nSPS) is 10.9. The summed E-state index contributed by atoms with van der Waals surface area (Å²) in [7, 11) is 1.70. The summed E-state index contributed by atoms with van der Waals surface area (Å²) in [5.41, 5.74) is 4.31. The molecule has 0 N–H and O–H groups in total. The summed E-state index contributed by atoms with van der Waals surface area (Å²) in [6, 6.07) is 18.0. The van der Waals surface area contributed by atoms with Crippen molar-refractivity contribution >= 4 is 16.6 Å². The van der Waals surface area contributed by atoms with E-state index in [9.17, 15) is 14.0 Å². The topological polar surface area (TPSA) is 39.1 Å². The molecule has 0 atom stereocenters. The third-order valence-electron chi connectivity index (χ3n) is 5.55. The molecule has 0 aliphatic rings. The van der Waals surface area contributed by atoms with Crippen LogP contribution in [-0.2, 0) is 13.5 Å². The minimum atomic E-state index is -0.262. The van der Waals surface area contributed by atoms with Crippen LogP contribution in [0.1, 0.15) is 27.0 Å². The van der Waals surface area contributed by atoms with Gasteiger partial charge in [0, 0.05) is 36.2 Å². The number of pyridine rings is 1. The first kappa shape index (κ1) is 20.5. The van der Waals surface area contributed by atoms with Crippen molar-refractivity contribution in [1.29, 1.82) is 0 Å². The molecular formula is C27H22FNO2. The third-order valence-corrected chi connectivity index (χ3v) is 5.55. The molecule has 3 nitrogen and oxygen atoms in total. The maximum atomic E-state index is 14.6. The lowest BCUT2D eigenvalue weighted by molar-refractivity contribution is 0.104. The SMILES string of the molecule is C=CC(=O)c1ccc(Cc2ccc(C)cc2F)c(-c2cn(C)c(=O)c3ccccc23)c1. The highest BCUT2D eigenvalue weighted by Crippen LogP contribution is 2.32. The van der Waals surface area contributed by atoms with Crippen molar-refractivity contribution in [2.45, 2.75) is 13.3 Å². The summed E-state index contributed by atoms with van der Waals surface area (Å²) >= 11 is 0. The van der Waals surface area contributed by atoms with E-state index in [0.29, 0.717) is 22.9 Å². The van der Waals surface area contributed by atoms with Crippen LogP contribution in [0.2, 0.25) is 0 Å². The minimum Gasteiger partial charge on any atom is -0.317 e. The number of nitrogens with zero attached hydrogens (tertiary/aromatic N) is 1. The van der Waals surface area contributed by atoms with Gasteiger partial charge in [-0.15, -0.1) is 0 Å². The maximum Gasteiger partial charge on any atom is 0.258 e. The molecule has 1 heterocycles. The first-order valence-electron chi connectivity index (χ1n) is 10.0. The van der Waals surface area contributed by atoms with E-state index in [-0.39, 0.29) is 17.2 Å². The monoisotopic (exact) mass is 411 g/mol. The molecular weight excluding hydrogens is 389 g/mol. The molecule has 0 spiro atoms. The van der Waals surface area contributed by atoms with E-state index in [4.69, 9.17) is 0 Å². The molecule has 154 valence electrons. The van der Waals surface area contributed by atoms with Gasteiger partial charge in [0.25, 0.3) is 5.56 Å².